The Morgan fingerprint density at radius 3 is 2.94 bits per heavy atom. The van der Waals surface area contributed by atoms with Gasteiger partial charge >= 0.3 is 0 Å². The Hall–Kier alpha value is -1.62. The molecule has 0 saturated heterocycles. The highest BCUT2D eigenvalue weighted by Gasteiger charge is 2.02. The van der Waals surface area contributed by atoms with Crippen LogP contribution in [0.2, 0.25) is 5.28 Å². The Balaban J connectivity index is 2.07. The molecule has 0 fully saturated rings. The van der Waals surface area contributed by atoms with Crippen LogP contribution in [0, 0.1) is 6.92 Å². The molecular weight excluding hydrogens is 226 g/mol. The maximum atomic E-state index is 5.72. The minimum atomic E-state index is 0.249. The molecule has 0 bridgehead atoms. The lowest BCUT2D eigenvalue weighted by molar-refractivity contribution is 0.767. The van der Waals surface area contributed by atoms with E-state index in [1.807, 2.05) is 26.4 Å². The van der Waals surface area contributed by atoms with Crippen molar-refractivity contribution in [2.45, 2.75) is 13.5 Å². The van der Waals surface area contributed by atoms with Gasteiger partial charge in [0.15, 0.2) is 0 Å². The van der Waals surface area contributed by atoms with E-state index in [0.29, 0.717) is 6.54 Å². The van der Waals surface area contributed by atoms with Crippen molar-refractivity contribution in [3.63, 3.8) is 0 Å². The zero-order chi connectivity index (χ0) is 11.5. The third-order valence-electron chi connectivity index (χ3n) is 2.16. The number of hydrogen-bond acceptors (Lipinski definition) is 4. The zero-order valence-corrected chi connectivity index (χ0v) is 9.86. The van der Waals surface area contributed by atoms with Gasteiger partial charge in [0, 0.05) is 37.1 Å². The normalized spacial score (nSPS) is 10.4. The van der Waals surface area contributed by atoms with Crippen LogP contribution in [0.25, 0.3) is 0 Å². The van der Waals surface area contributed by atoms with E-state index in [1.165, 1.54) is 0 Å². The van der Waals surface area contributed by atoms with Crippen molar-refractivity contribution in [1.29, 1.82) is 0 Å². The van der Waals surface area contributed by atoms with Crippen LogP contribution in [0.15, 0.2) is 18.6 Å². The molecule has 2 heterocycles. The molecule has 0 unspecified atom stereocenters. The molecule has 0 spiro atoms. The lowest BCUT2D eigenvalue weighted by Crippen LogP contribution is -2.03. The largest absolute Gasteiger partial charge is 0.366 e. The summed E-state index contributed by atoms with van der Waals surface area (Å²) < 4.78 is 1.76. The molecule has 0 atom stereocenters. The third-order valence-corrected chi connectivity index (χ3v) is 2.34. The highest BCUT2D eigenvalue weighted by molar-refractivity contribution is 6.28. The summed E-state index contributed by atoms with van der Waals surface area (Å²) >= 11 is 5.72. The summed E-state index contributed by atoms with van der Waals surface area (Å²) in [7, 11) is 1.89. The van der Waals surface area contributed by atoms with E-state index in [9.17, 15) is 0 Å². The van der Waals surface area contributed by atoms with Crippen molar-refractivity contribution < 1.29 is 0 Å². The van der Waals surface area contributed by atoms with Gasteiger partial charge in [0.05, 0.1) is 6.20 Å². The Bertz CT molecular complexity index is 494. The fraction of sp³-hybridized carbons (Fsp3) is 0.300. The molecule has 2 aromatic rings. The monoisotopic (exact) mass is 237 g/mol. The number of aromatic nitrogens is 4. The number of anilines is 1. The molecule has 0 aliphatic carbocycles. The Morgan fingerprint density at radius 2 is 2.25 bits per heavy atom. The van der Waals surface area contributed by atoms with Crippen LogP contribution < -0.4 is 5.32 Å². The Morgan fingerprint density at radius 1 is 1.44 bits per heavy atom. The van der Waals surface area contributed by atoms with E-state index in [-0.39, 0.29) is 5.28 Å². The lowest BCUT2D eigenvalue weighted by Gasteiger charge is -2.06. The predicted molar refractivity (Wildman–Crippen MR) is 62.3 cm³/mol. The van der Waals surface area contributed by atoms with Crippen LogP contribution in [-0.2, 0) is 13.6 Å². The molecule has 84 valence electrons. The first kappa shape index (κ1) is 10.9. The minimum Gasteiger partial charge on any atom is -0.366 e. The number of nitrogens with zero attached hydrogens (tertiary/aromatic N) is 4. The molecule has 0 amide bonds. The Labute approximate surface area is 98.5 Å². The van der Waals surface area contributed by atoms with Gasteiger partial charge in [0.2, 0.25) is 5.28 Å². The van der Waals surface area contributed by atoms with Crippen molar-refractivity contribution in [3.05, 3.63) is 35.0 Å². The predicted octanol–water partition coefficient (Wildman–Crippen LogP) is 1.78. The lowest BCUT2D eigenvalue weighted by atomic mass is 10.3. The molecule has 0 aliphatic rings. The minimum absolute atomic E-state index is 0.249. The fourth-order valence-electron chi connectivity index (χ4n) is 1.35. The van der Waals surface area contributed by atoms with Crippen LogP contribution in [0.5, 0.6) is 0 Å². The van der Waals surface area contributed by atoms with Gasteiger partial charge in [-0.05, 0) is 18.5 Å². The molecule has 6 heteroatoms. The van der Waals surface area contributed by atoms with Crippen molar-refractivity contribution in [2.24, 2.45) is 7.05 Å². The number of rotatable bonds is 3. The van der Waals surface area contributed by atoms with Crippen molar-refractivity contribution >= 4 is 17.4 Å². The molecule has 5 nitrogen and oxygen atoms in total. The number of aryl methyl sites for hydroxylation is 2. The third kappa shape index (κ3) is 2.49. The number of halogens is 1. The average Bonchev–Trinajstić information content (AvgIpc) is 2.66. The van der Waals surface area contributed by atoms with Gasteiger partial charge in [-0.2, -0.15) is 5.10 Å². The summed E-state index contributed by atoms with van der Waals surface area (Å²) in [6.45, 7) is 2.60. The summed E-state index contributed by atoms with van der Waals surface area (Å²) in [4.78, 5) is 8.01. The van der Waals surface area contributed by atoms with Crippen LogP contribution >= 0.6 is 11.6 Å². The highest BCUT2D eigenvalue weighted by Crippen LogP contribution is 2.13. The van der Waals surface area contributed by atoms with Crippen LogP contribution in [0.4, 0.5) is 5.82 Å². The van der Waals surface area contributed by atoms with E-state index < -0.39 is 0 Å². The van der Waals surface area contributed by atoms with E-state index in [4.69, 9.17) is 11.6 Å². The van der Waals surface area contributed by atoms with Gasteiger partial charge < -0.3 is 5.32 Å². The second kappa shape index (κ2) is 4.49. The fourth-order valence-corrected chi connectivity index (χ4v) is 1.48. The number of nitrogens with one attached hydrogen (secondary N) is 1. The zero-order valence-electron chi connectivity index (χ0n) is 9.11. The second-order valence-electron chi connectivity index (χ2n) is 3.55. The van der Waals surface area contributed by atoms with E-state index in [1.54, 1.807) is 10.9 Å². The van der Waals surface area contributed by atoms with Gasteiger partial charge in [-0.1, -0.05) is 0 Å². The summed E-state index contributed by atoms with van der Waals surface area (Å²) in [5.74, 6) is 0.754. The first-order chi connectivity index (χ1) is 7.65. The smallest absolute Gasteiger partial charge is 0.224 e. The maximum Gasteiger partial charge on any atom is 0.224 e. The van der Waals surface area contributed by atoms with Gasteiger partial charge in [0.25, 0.3) is 0 Å². The molecule has 0 radical (unpaired) electrons. The summed E-state index contributed by atoms with van der Waals surface area (Å²) in [6, 6.07) is 0. The molecule has 0 saturated carbocycles. The topological polar surface area (TPSA) is 55.6 Å². The summed E-state index contributed by atoms with van der Waals surface area (Å²) in [5, 5.41) is 7.53. The first-order valence-corrected chi connectivity index (χ1v) is 5.23. The van der Waals surface area contributed by atoms with E-state index in [0.717, 1.165) is 16.9 Å². The first-order valence-electron chi connectivity index (χ1n) is 4.85. The molecule has 16 heavy (non-hydrogen) atoms. The van der Waals surface area contributed by atoms with Gasteiger partial charge in [0.1, 0.15) is 5.82 Å². The van der Waals surface area contributed by atoms with Gasteiger partial charge in [-0.3, -0.25) is 4.68 Å². The van der Waals surface area contributed by atoms with Crippen LogP contribution in [-0.4, -0.2) is 19.7 Å². The van der Waals surface area contributed by atoms with Crippen molar-refractivity contribution in [2.75, 3.05) is 5.32 Å². The maximum absolute atomic E-state index is 5.72. The SMILES string of the molecule is Cc1cnc(Cl)nc1NCc1cnn(C)c1. The second-order valence-corrected chi connectivity index (χ2v) is 3.88. The summed E-state index contributed by atoms with van der Waals surface area (Å²) in [5.41, 5.74) is 2.06. The van der Waals surface area contributed by atoms with Crippen molar-refractivity contribution in [3.8, 4) is 0 Å². The Kier molecular flexibility index (Phi) is 3.05. The molecule has 2 rings (SSSR count). The molecule has 0 aromatic carbocycles. The van der Waals surface area contributed by atoms with Crippen molar-refractivity contribution in [1.82, 2.24) is 19.7 Å². The average molecular weight is 238 g/mol. The van der Waals surface area contributed by atoms with E-state index in [2.05, 4.69) is 20.4 Å². The van der Waals surface area contributed by atoms with E-state index >= 15 is 0 Å². The quantitative estimate of drug-likeness (QED) is 0.827. The highest BCUT2D eigenvalue weighted by atomic mass is 35.5. The van der Waals surface area contributed by atoms with Gasteiger partial charge in [-0.15, -0.1) is 0 Å². The number of hydrogen-bond donors (Lipinski definition) is 1. The standard InChI is InChI=1S/C10H12ClN5/c1-7-3-13-10(11)15-9(7)12-4-8-5-14-16(2)6-8/h3,5-6H,4H2,1-2H3,(H,12,13,15). The van der Waals surface area contributed by atoms with Crippen LogP contribution in [0.1, 0.15) is 11.1 Å². The summed E-state index contributed by atoms with van der Waals surface area (Å²) in [6.07, 6.45) is 5.46. The molecule has 1 N–H and O–H groups in total. The molecule has 0 aliphatic heterocycles. The molecule has 2 aromatic heterocycles. The van der Waals surface area contributed by atoms with Gasteiger partial charge in [-0.25, -0.2) is 9.97 Å². The van der Waals surface area contributed by atoms with Crippen LogP contribution in [0.3, 0.4) is 0 Å². The molecular formula is C10H12ClN5.